The van der Waals surface area contributed by atoms with Crippen molar-refractivity contribution in [3.05, 3.63) is 29.3 Å². The summed E-state index contributed by atoms with van der Waals surface area (Å²) in [5, 5.41) is 6.42. The largest absolute Gasteiger partial charge is 0.378 e. The summed E-state index contributed by atoms with van der Waals surface area (Å²) in [5.41, 5.74) is 3.53. The van der Waals surface area contributed by atoms with Crippen LogP contribution in [0.2, 0.25) is 0 Å². The molecule has 20 heavy (non-hydrogen) atoms. The van der Waals surface area contributed by atoms with E-state index in [2.05, 4.69) is 16.7 Å². The molecule has 2 heterocycles. The zero-order valence-corrected chi connectivity index (χ0v) is 11.8. The minimum Gasteiger partial charge on any atom is -0.378 e. The van der Waals surface area contributed by atoms with Gasteiger partial charge in [0.05, 0.1) is 12.5 Å². The van der Waals surface area contributed by atoms with Gasteiger partial charge in [-0.25, -0.2) is 0 Å². The normalized spacial score (nSPS) is 22.1. The van der Waals surface area contributed by atoms with Crippen molar-refractivity contribution < 1.29 is 9.53 Å². The molecule has 0 saturated carbocycles. The second-order valence-corrected chi connectivity index (χ2v) is 5.61. The summed E-state index contributed by atoms with van der Waals surface area (Å²) < 4.78 is 5.63. The molecule has 1 amide bonds. The Balaban J connectivity index is 1.63. The second-order valence-electron chi connectivity index (χ2n) is 5.61. The van der Waals surface area contributed by atoms with Gasteiger partial charge in [0.25, 0.3) is 0 Å². The molecule has 108 valence electrons. The molecule has 2 N–H and O–H groups in total. The van der Waals surface area contributed by atoms with Gasteiger partial charge in [0.15, 0.2) is 0 Å². The maximum absolute atomic E-state index is 12.2. The number of hydrogen-bond donors (Lipinski definition) is 2. The van der Waals surface area contributed by atoms with Gasteiger partial charge in [-0.3, -0.25) is 4.79 Å². The van der Waals surface area contributed by atoms with Crippen LogP contribution in [0.25, 0.3) is 0 Å². The van der Waals surface area contributed by atoms with Crippen molar-refractivity contribution in [1.82, 2.24) is 5.32 Å². The number of benzene rings is 1. The first-order valence-electron chi connectivity index (χ1n) is 7.56. The molecular formula is C16H22N2O2. The maximum atomic E-state index is 12.2. The molecule has 4 nitrogen and oxygen atoms in total. The van der Waals surface area contributed by atoms with E-state index in [1.165, 1.54) is 17.5 Å². The molecule has 1 unspecified atom stereocenters. The summed E-state index contributed by atoms with van der Waals surface area (Å²) in [7, 11) is 0. The van der Waals surface area contributed by atoms with E-state index in [0.717, 1.165) is 44.6 Å². The molecule has 3 rings (SSSR count). The highest BCUT2D eigenvalue weighted by molar-refractivity contribution is 5.92. The van der Waals surface area contributed by atoms with Crippen molar-refractivity contribution in [2.24, 2.45) is 0 Å². The first-order chi connectivity index (χ1) is 9.83. The SMILES string of the molecule is O=C(CC1CCCCO1)Nc1cccc2c1CNCC2. The molecule has 0 bridgehead atoms. The lowest BCUT2D eigenvalue weighted by atomic mass is 9.99. The molecule has 1 aromatic rings. The number of carbonyl (C=O) groups excluding carboxylic acids is 1. The predicted molar refractivity (Wildman–Crippen MR) is 78.7 cm³/mol. The van der Waals surface area contributed by atoms with Gasteiger partial charge in [0, 0.05) is 18.8 Å². The van der Waals surface area contributed by atoms with Crippen molar-refractivity contribution in [3.8, 4) is 0 Å². The summed E-state index contributed by atoms with van der Waals surface area (Å²) in [5.74, 6) is 0.0656. The van der Waals surface area contributed by atoms with Crippen LogP contribution < -0.4 is 10.6 Å². The number of amides is 1. The average Bonchev–Trinajstić information content (AvgIpc) is 2.48. The molecule has 0 aliphatic carbocycles. The zero-order valence-electron chi connectivity index (χ0n) is 11.8. The molecule has 0 radical (unpaired) electrons. The highest BCUT2D eigenvalue weighted by atomic mass is 16.5. The van der Waals surface area contributed by atoms with Crippen LogP contribution in [0.1, 0.15) is 36.8 Å². The fourth-order valence-electron chi connectivity index (χ4n) is 3.01. The highest BCUT2D eigenvalue weighted by Gasteiger charge is 2.19. The smallest absolute Gasteiger partial charge is 0.226 e. The van der Waals surface area contributed by atoms with Crippen molar-refractivity contribution in [2.75, 3.05) is 18.5 Å². The lowest BCUT2D eigenvalue weighted by Gasteiger charge is -2.23. The Morgan fingerprint density at radius 1 is 1.40 bits per heavy atom. The van der Waals surface area contributed by atoms with Gasteiger partial charge in [-0.05, 0) is 49.4 Å². The Hall–Kier alpha value is -1.39. The summed E-state index contributed by atoms with van der Waals surface area (Å²) in [6.07, 6.45) is 4.89. The zero-order chi connectivity index (χ0) is 13.8. The fourth-order valence-corrected chi connectivity index (χ4v) is 3.01. The van der Waals surface area contributed by atoms with Crippen LogP contribution in [0.5, 0.6) is 0 Å². The van der Waals surface area contributed by atoms with Gasteiger partial charge in [0.2, 0.25) is 5.91 Å². The van der Waals surface area contributed by atoms with E-state index in [1.54, 1.807) is 0 Å². The van der Waals surface area contributed by atoms with Gasteiger partial charge < -0.3 is 15.4 Å². The lowest BCUT2D eigenvalue weighted by Crippen LogP contribution is -2.28. The van der Waals surface area contributed by atoms with Crippen LogP contribution in [0.3, 0.4) is 0 Å². The average molecular weight is 274 g/mol. The molecule has 1 fully saturated rings. The molecule has 1 saturated heterocycles. The Labute approximate surface area is 119 Å². The van der Waals surface area contributed by atoms with Crippen molar-refractivity contribution in [3.63, 3.8) is 0 Å². The first kappa shape index (κ1) is 13.6. The standard InChI is InChI=1S/C16H22N2O2/c19-16(10-13-5-1-2-9-20-13)18-15-6-3-4-12-7-8-17-11-14(12)15/h3-4,6,13,17H,1-2,5,7-11H2,(H,18,19). The van der Waals surface area contributed by atoms with Crippen LogP contribution >= 0.6 is 0 Å². The molecular weight excluding hydrogens is 252 g/mol. The number of hydrogen-bond acceptors (Lipinski definition) is 3. The molecule has 0 aromatic heterocycles. The fraction of sp³-hybridized carbons (Fsp3) is 0.562. The molecule has 1 atom stereocenters. The highest BCUT2D eigenvalue weighted by Crippen LogP contribution is 2.23. The number of rotatable bonds is 3. The third kappa shape index (κ3) is 3.19. The quantitative estimate of drug-likeness (QED) is 0.888. The number of anilines is 1. The Morgan fingerprint density at radius 2 is 2.35 bits per heavy atom. The molecule has 0 spiro atoms. The van der Waals surface area contributed by atoms with Gasteiger partial charge >= 0.3 is 0 Å². The van der Waals surface area contributed by atoms with Crippen LogP contribution in [-0.2, 0) is 22.5 Å². The molecule has 4 heteroatoms. The van der Waals surface area contributed by atoms with Crippen molar-refractivity contribution >= 4 is 11.6 Å². The molecule has 2 aliphatic rings. The minimum atomic E-state index is 0.0656. The number of nitrogens with one attached hydrogen (secondary N) is 2. The maximum Gasteiger partial charge on any atom is 0.226 e. The summed E-state index contributed by atoms with van der Waals surface area (Å²) in [4.78, 5) is 12.2. The van der Waals surface area contributed by atoms with Crippen molar-refractivity contribution in [1.29, 1.82) is 0 Å². The van der Waals surface area contributed by atoms with Crippen molar-refractivity contribution in [2.45, 2.75) is 44.8 Å². The summed E-state index contributed by atoms with van der Waals surface area (Å²) in [6.45, 7) is 2.65. The van der Waals surface area contributed by atoms with Gasteiger partial charge in [-0.2, -0.15) is 0 Å². The topological polar surface area (TPSA) is 50.4 Å². The van der Waals surface area contributed by atoms with Gasteiger partial charge in [-0.1, -0.05) is 12.1 Å². The van der Waals surface area contributed by atoms with Gasteiger partial charge in [-0.15, -0.1) is 0 Å². The number of carbonyl (C=O) groups is 1. The Bertz CT molecular complexity index is 481. The van der Waals surface area contributed by atoms with E-state index in [1.807, 2.05) is 12.1 Å². The summed E-state index contributed by atoms with van der Waals surface area (Å²) >= 11 is 0. The second kappa shape index (κ2) is 6.37. The van der Waals surface area contributed by atoms with Gasteiger partial charge in [0.1, 0.15) is 0 Å². The van der Waals surface area contributed by atoms with Crippen LogP contribution in [0.15, 0.2) is 18.2 Å². The van der Waals surface area contributed by atoms with Crippen LogP contribution in [0, 0.1) is 0 Å². The Morgan fingerprint density at radius 3 is 3.20 bits per heavy atom. The van der Waals surface area contributed by atoms with E-state index < -0.39 is 0 Å². The third-order valence-corrected chi connectivity index (χ3v) is 4.11. The minimum absolute atomic E-state index is 0.0656. The van der Waals surface area contributed by atoms with E-state index >= 15 is 0 Å². The number of ether oxygens (including phenoxy) is 1. The third-order valence-electron chi connectivity index (χ3n) is 4.11. The van der Waals surface area contributed by atoms with Crippen LogP contribution in [0.4, 0.5) is 5.69 Å². The summed E-state index contributed by atoms with van der Waals surface area (Å²) in [6, 6.07) is 6.17. The predicted octanol–water partition coefficient (Wildman–Crippen LogP) is 2.23. The van der Waals surface area contributed by atoms with E-state index in [9.17, 15) is 4.79 Å². The Kier molecular flexibility index (Phi) is 4.33. The lowest BCUT2D eigenvalue weighted by molar-refractivity contribution is -0.119. The molecule has 2 aliphatic heterocycles. The van der Waals surface area contributed by atoms with E-state index in [4.69, 9.17) is 4.74 Å². The van der Waals surface area contributed by atoms with Crippen LogP contribution in [-0.4, -0.2) is 25.2 Å². The first-order valence-corrected chi connectivity index (χ1v) is 7.56. The van der Waals surface area contributed by atoms with E-state index in [-0.39, 0.29) is 12.0 Å². The number of fused-ring (bicyclic) bond motifs is 1. The molecule has 1 aromatic carbocycles. The van der Waals surface area contributed by atoms with E-state index in [0.29, 0.717) is 6.42 Å². The monoisotopic (exact) mass is 274 g/mol.